The van der Waals surface area contributed by atoms with E-state index in [9.17, 15) is 4.79 Å². The summed E-state index contributed by atoms with van der Waals surface area (Å²) in [6.07, 6.45) is 4.83. The Bertz CT molecular complexity index is 383. The number of nitrogens with zero attached hydrogens (tertiary/aromatic N) is 1. The fourth-order valence-corrected chi connectivity index (χ4v) is 3.36. The van der Waals surface area contributed by atoms with Gasteiger partial charge in [0.15, 0.2) is 0 Å². The Balaban J connectivity index is 1.93. The fraction of sp³-hybridized carbons (Fsp3) is 0.643. The summed E-state index contributed by atoms with van der Waals surface area (Å²) in [5.74, 6) is 0.204. The Labute approximate surface area is 113 Å². The van der Waals surface area contributed by atoms with E-state index in [1.807, 2.05) is 17.9 Å². The molecule has 1 aromatic heterocycles. The number of hydrogen-bond acceptors (Lipinski definition) is 3. The van der Waals surface area contributed by atoms with Gasteiger partial charge in [0.2, 0.25) is 5.91 Å². The molecule has 1 aliphatic carbocycles. The van der Waals surface area contributed by atoms with Crippen LogP contribution in [0.25, 0.3) is 0 Å². The van der Waals surface area contributed by atoms with Crippen molar-refractivity contribution in [2.45, 2.75) is 51.1 Å². The third kappa shape index (κ3) is 3.33. The number of nitrogens with two attached hydrogens (primary N) is 1. The summed E-state index contributed by atoms with van der Waals surface area (Å²) in [5, 5.41) is 2.05. The number of amides is 1. The summed E-state index contributed by atoms with van der Waals surface area (Å²) >= 11 is 1.70. The van der Waals surface area contributed by atoms with Crippen molar-refractivity contribution < 1.29 is 4.79 Å². The van der Waals surface area contributed by atoms with Crippen LogP contribution in [-0.4, -0.2) is 22.9 Å². The Morgan fingerprint density at radius 1 is 1.50 bits per heavy atom. The summed E-state index contributed by atoms with van der Waals surface area (Å²) in [6, 6.07) is 4.11. The van der Waals surface area contributed by atoms with Crippen molar-refractivity contribution >= 4 is 17.2 Å². The maximum atomic E-state index is 12.3. The minimum atomic E-state index is -0.236. The van der Waals surface area contributed by atoms with E-state index >= 15 is 0 Å². The zero-order chi connectivity index (χ0) is 13.0. The second kappa shape index (κ2) is 5.85. The lowest BCUT2D eigenvalue weighted by Gasteiger charge is -2.27. The summed E-state index contributed by atoms with van der Waals surface area (Å²) in [6.45, 7) is 3.51. The van der Waals surface area contributed by atoms with Crippen LogP contribution in [0, 0.1) is 0 Å². The van der Waals surface area contributed by atoms with Gasteiger partial charge < -0.3 is 10.6 Å². The molecule has 1 amide bonds. The molecule has 0 bridgehead atoms. The van der Waals surface area contributed by atoms with Gasteiger partial charge in [-0.05, 0) is 31.2 Å². The lowest BCUT2D eigenvalue weighted by Crippen LogP contribution is -2.43. The van der Waals surface area contributed by atoms with Crippen LogP contribution in [0.3, 0.4) is 0 Å². The van der Waals surface area contributed by atoms with E-state index in [1.165, 1.54) is 17.7 Å². The van der Waals surface area contributed by atoms with Crippen molar-refractivity contribution in [3.8, 4) is 0 Å². The summed E-state index contributed by atoms with van der Waals surface area (Å²) in [5.41, 5.74) is 6.04. The SMILES string of the molecule is CCN(Cc1cccs1)C(=O)CC1(N)CCCC1. The molecule has 0 spiro atoms. The molecule has 0 unspecified atom stereocenters. The van der Waals surface area contributed by atoms with E-state index in [1.54, 1.807) is 11.3 Å². The summed E-state index contributed by atoms with van der Waals surface area (Å²) in [4.78, 5) is 15.5. The van der Waals surface area contributed by atoms with Crippen molar-refractivity contribution in [3.05, 3.63) is 22.4 Å². The number of thiophene rings is 1. The van der Waals surface area contributed by atoms with E-state index in [0.29, 0.717) is 6.42 Å². The molecule has 1 fully saturated rings. The van der Waals surface area contributed by atoms with Gasteiger partial charge in [-0.3, -0.25) is 4.79 Å². The van der Waals surface area contributed by atoms with E-state index in [4.69, 9.17) is 5.73 Å². The Hall–Kier alpha value is -0.870. The molecular weight excluding hydrogens is 244 g/mol. The van der Waals surface area contributed by atoms with Gasteiger partial charge in [-0.15, -0.1) is 11.3 Å². The Morgan fingerprint density at radius 2 is 2.22 bits per heavy atom. The van der Waals surface area contributed by atoms with E-state index in [0.717, 1.165) is 25.9 Å². The van der Waals surface area contributed by atoms with Crippen LogP contribution in [-0.2, 0) is 11.3 Å². The first-order valence-corrected chi connectivity index (χ1v) is 7.60. The molecule has 1 heterocycles. The highest BCUT2D eigenvalue weighted by atomic mass is 32.1. The predicted octanol–water partition coefficient (Wildman–Crippen LogP) is 2.76. The predicted molar refractivity (Wildman–Crippen MR) is 75.4 cm³/mol. The van der Waals surface area contributed by atoms with Crippen molar-refractivity contribution in [2.24, 2.45) is 5.73 Å². The van der Waals surface area contributed by atoms with Gasteiger partial charge in [0.1, 0.15) is 0 Å². The first-order chi connectivity index (χ1) is 8.63. The fourth-order valence-electron chi connectivity index (χ4n) is 2.64. The van der Waals surface area contributed by atoms with Crippen LogP contribution in [0.1, 0.15) is 43.9 Å². The van der Waals surface area contributed by atoms with Crippen LogP contribution in [0.2, 0.25) is 0 Å². The van der Waals surface area contributed by atoms with Crippen LogP contribution in [0.4, 0.5) is 0 Å². The van der Waals surface area contributed by atoms with Crippen molar-refractivity contribution in [2.75, 3.05) is 6.54 Å². The molecular formula is C14H22N2OS. The molecule has 2 N–H and O–H groups in total. The zero-order valence-electron chi connectivity index (χ0n) is 11.0. The minimum absolute atomic E-state index is 0.204. The molecule has 0 aromatic carbocycles. The van der Waals surface area contributed by atoms with Gasteiger partial charge in [-0.25, -0.2) is 0 Å². The Morgan fingerprint density at radius 3 is 2.78 bits per heavy atom. The van der Waals surface area contributed by atoms with Gasteiger partial charge in [0.05, 0.1) is 6.54 Å². The molecule has 3 nitrogen and oxygen atoms in total. The number of carbonyl (C=O) groups is 1. The molecule has 4 heteroatoms. The van der Waals surface area contributed by atoms with Crippen LogP contribution in [0.15, 0.2) is 17.5 Å². The lowest BCUT2D eigenvalue weighted by atomic mass is 9.94. The van der Waals surface area contributed by atoms with E-state index < -0.39 is 0 Å². The van der Waals surface area contributed by atoms with Gasteiger partial charge in [-0.2, -0.15) is 0 Å². The molecule has 0 saturated heterocycles. The van der Waals surface area contributed by atoms with Gasteiger partial charge >= 0.3 is 0 Å². The van der Waals surface area contributed by atoms with E-state index in [-0.39, 0.29) is 11.4 Å². The monoisotopic (exact) mass is 266 g/mol. The van der Waals surface area contributed by atoms with Crippen molar-refractivity contribution in [1.29, 1.82) is 0 Å². The molecule has 0 aliphatic heterocycles. The highest BCUT2D eigenvalue weighted by molar-refractivity contribution is 7.09. The maximum Gasteiger partial charge on any atom is 0.224 e. The number of carbonyl (C=O) groups excluding carboxylic acids is 1. The average Bonchev–Trinajstić information content (AvgIpc) is 2.97. The molecule has 0 atom stereocenters. The van der Waals surface area contributed by atoms with Crippen LogP contribution in [0.5, 0.6) is 0 Å². The molecule has 1 aromatic rings. The second-order valence-corrected chi connectivity index (χ2v) is 6.27. The van der Waals surface area contributed by atoms with Crippen molar-refractivity contribution in [3.63, 3.8) is 0 Å². The molecule has 1 saturated carbocycles. The second-order valence-electron chi connectivity index (χ2n) is 5.23. The summed E-state index contributed by atoms with van der Waals surface area (Å²) in [7, 11) is 0. The topological polar surface area (TPSA) is 46.3 Å². The van der Waals surface area contributed by atoms with Crippen LogP contribution >= 0.6 is 11.3 Å². The number of hydrogen-bond donors (Lipinski definition) is 1. The average molecular weight is 266 g/mol. The molecule has 2 rings (SSSR count). The van der Waals surface area contributed by atoms with Gasteiger partial charge in [0.25, 0.3) is 0 Å². The van der Waals surface area contributed by atoms with Crippen LogP contribution < -0.4 is 5.73 Å². The van der Waals surface area contributed by atoms with Crippen molar-refractivity contribution in [1.82, 2.24) is 4.90 Å². The minimum Gasteiger partial charge on any atom is -0.338 e. The molecule has 100 valence electrons. The third-order valence-corrected chi connectivity index (χ3v) is 4.62. The number of rotatable bonds is 5. The van der Waals surface area contributed by atoms with Gasteiger partial charge in [0, 0.05) is 23.4 Å². The normalized spacial score (nSPS) is 17.9. The smallest absolute Gasteiger partial charge is 0.224 e. The summed E-state index contributed by atoms with van der Waals surface area (Å²) < 4.78 is 0. The third-order valence-electron chi connectivity index (χ3n) is 3.76. The zero-order valence-corrected chi connectivity index (χ0v) is 11.8. The molecule has 0 radical (unpaired) electrons. The first-order valence-electron chi connectivity index (χ1n) is 6.72. The Kier molecular flexibility index (Phi) is 4.40. The standard InChI is InChI=1S/C14H22N2OS/c1-2-16(11-12-6-5-9-18-12)13(17)10-14(15)7-3-4-8-14/h5-6,9H,2-4,7-8,10-11,15H2,1H3. The first kappa shape index (κ1) is 13.6. The quantitative estimate of drug-likeness (QED) is 0.890. The van der Waals surface area contributed by atoms with E-state index in [2.05, 4.69) is 11.4 Å². The highest BCUT2D eigenvalue weighted by Gasteiger charge is 2.33. The van der Waals surface area contributed by atoms with Gasteiger partial charge in [-0.1, -0.05) is 18.9 Å². The maximum absolute atomic E-state index is 12.3. The highest BCUT2D eigenvalue weighted by Crippen LogP contribution is 2.30. The molecule has 1 aliphatic rings. The lowest BCUT2D eigenvalue weighted by molar-refractivity contribution is -0.132. The largest absolute Gasteiger partial charge is 0.338 e. The molecule has 18 heavy (non-hydrogen) atoms.